The van der Waals surface area contributed by atoms with E-state index in [-0.39, 0.29) is 0 Å². The molecule has 1 aliphatic heterocycles. The van der Waals surface area contributed by atoms with Crippen molar-refractivity contribution in [3.8, 4) is 0 Å². The first kappa shape index (κ1) is 16.3. The molecule has 0 radical (unpaired) electrons. The third-order valence-electron chi connectivity index (χ3n) is 5.41. The lowest BCUT2D eigenvalue weighted by atomic mass is 9.96. The van der Waals surface area contributed by atoms with Crippen LogP contribution in [0.2, 0.25) is 0 Å². The molecule has 0 unspecified atom stereocenters. The highest BCUT2D eigenvalue weighted by molar-refractivity contribution is 5.51. The van der Waals surface area contributed by atoms with Gasteiger partial charge in [0, 0.05) is 25.2 Å². The molecule has 5 nitrogen and oxygen atoms in total. The van der Waals surface area contributed by atoms with E-state index in [2.05, 4.69) is 38.4 Å². The Morgan fingerprint density at radius 3 is 2.80 bits per heavy atom. The third-order valence-corrected chi connectivity index (χ3v) is 5.41. The van der Waals surface area contributed by atoms with Crippen LogP contribution in [0.5, 0.6) is 0 Å². The minimum atomic E-state index is -0.408. The lowest BCUT2D eigenvalue weighted by Crippen LogP contribution is -2.31. The van der Waals surface area contributed by atoms with Crippen LogP contribution in [0.1, 0.15) is 55.4 Å². The van der Waals surface area contributed by atoms with Crippen LogP contribution in [0.25, 0.3) is 0 Å². The highest BCUT2D eigenvalue weighted by atomic mass is 16.3. The Kier molecular flexibility index (Phi) is 4.57. The summed E-state index contributed by atoms with van der Waals surface area (Å²) in [7, 11) is 0. The topological polar surface area (TPSA) is 61.3 Å². The summed E-state index contributed by atoms with van der Waals surface area (Å²) in [6.07, 6.45) is 7.34. The van der Waals surface area contributed by atoms with Gasteiger partial charge < -0.3 is 15.3 Å². The average molecular weight is 338 g/mol. The molecule has 0 saturated heterocycles. The lowest BCUT2D eigenvalue weighted by molar-refractivity contribution is 0.199. The quantitative estimate of drug-likeness (QED) is 0.894. The molecule has 1 saturated carbocycles. The summed E-state index contributed by atoms with van der Waals surface area (Å²) in [6, 6.07) is 8.95. The van der Waals surface area contributed by atoms with Crippen molar-refractivity contribution in [1.82, 2.24) is 9.97 Å². The SMILES string of the molecule is C[C@@H](O)c1ccc2c(c1)CCN(c1cc(NC3CCCC3)ncn1)C2. The van der Waals surface area contributed by atoms with E-state index in [4.69, 9.17) is 0 Å². The average Bonchev–Trinajstić information content (AvgIpc) is 3.14. The molecule has 1 aromatic heterocycles. The Labute approximate surface area is 149 Å². The Morgan fingerprint density at radius 2 is 2.00 bits per heavy atom. The number of hydrogen-bond donors (Lipinski definition) is 2. The molecular weight excluding hydrogens is 312 g/mol. The second-order valence-corrected chi connectivity index (χ2v) is 7.26. The van der Waals surface area contributed by atoms with Gasteiger partial charge in [0.05, 0.1) is 6.10 Å². The zero-order chi connectivity index (χ0) is 17.2. The standard InChI is InChI=1S/C20H26N4O/c1-14(25)15-6-7-17-12-24(9-8-16(17)10-15)20-11-19(21-13-22-20)23-18-4-2-3-5-18/h6-7,10-11,13-14,18,25H,2-5,8-9,12H2,1H3,(H,21,22,23)/t14-/m1/s1. The van der Waals surface area contributed by atoms with Crippen LogP contribution in [0.15, 0.2) is 30.6 Å². The second-order valence-electron chi connectivity index (χ2n) is 7.26. The van der Waals surface area contributed by atoms with Crippen molar-refractivity contribution < 1.29 is 5.11 Å². The van der Waals surface area contributed by atoms with Gasteiger partial charge in [-0.05, 0) is 42.9 Å². The van der Waals surface area contributed by atoms with Crippen LogP contribution in [-0.4, -0.2) is 27.7 Å². The lowest BCUT2D eigenvalue weighted by Gasteiger charge is -2.30. The van der Waals surface area contributed by atoms with Gasteiger partial charge in [-0.1, -0.05) is 31.0 Å². The van der Waals surface area contributed by atoms with E-state index in [1.807, 2.05) is 13.0 Å². The number of fused-ring (bicyclic) bond motifs is 1. The number of aliphatic hydroxyl groups is 1. The maximum absolute atomic E-state index is 9.77. The van der Waals surface area contributed by atoms with E-state index in [0.29, 0.717) is 6.04 Å². The summed E-state index contributed by atoms with van der Waals surface area (Å²) in [5.41, 5.74) is 3.66. The number of benzene rings is 1. The molecule has 1 fully saturated rings. The van der Waals surface area contributed by atoms with Crippen molar-refractivity contribution in [2.45, 2.75) is 57.7 Å². The van der Waals surface area contributed by atoms with Gasteiger partial charge >= 0.3 is 0 Å². The number of rotatable bonds is 4. The van der Waals surface area contributed by atoms with Gasteiger partial charge in [0.2, 0.25) is 0 Å². The molecule has 2 N–H and O–H groups in total. The summed E-state index contributed by atoms with van der Waals surface area (Å²) in [5.74, 6) is 1.92. The van der Waals surface area contributed by atoms with Gasteiger partial charge in [-0.2, -0.15) is 0 Å². The molecule has 2 heterocycles. The summed E-state index contributed by atoms with van der Waals surface area (Å²) >= 11 is 0. The molecule has 1 atom stereocenters. The number of nitrogens with one attached hydrogen (secondary N) is 1. The summed E-state index contributed by atoms with van der Waals surface area (Å²) in [6.45, 7) is 3.61. The van der Waals surface area contributed by atoms with Crippen LogP contribution in [0, 0.1) is 0 Å². The molecule has 5 heteroatoms. The van der Waals surface area contributed by atoms with Crippen LogP contribution in [-0.2, 0) is 13.0 Å². The Bertz CT molecular complexity index is 740. The van der Waals surface area contributed by atoms with Crippen LogP contribution in [0.4, 0.5) is 11.6 Å². The molecule has 2 aromatic rings. The molecule has 0 amide bonds. The van der Waals surface area contributed by atoms with Gasteiger partial charge in [-0.15, -0.1) is 0 Å². The largest absolute Gasteiger partial charge is 0.389 e. The van der Waals surface area contributed by atoms with Crippen molar-refractivity contribution in [3.05, 3.63) is 47.3 Å². The first-order chi connectivity index (χ1) is 12.2. The van der Waals surface area contributed by atoms with E-state index < -0.39 is 6.10 Å². The van der Waals surface area contributed by atoms with Crippen molar-refractivity contribution in [3.63, 3.8) is 0 Å². The van der Waals surface area contributed by atoms with Gasteiger partial charge in [-0.3, -0.25) is 0 Å². The summed E-state index contributed by atoms with van der Waals surface area (Å²) < 4.78 is 0. The van der Waals surface area contributed by atoms with E-state index in [1.54, 1.807) is 6.33 Å². The normalized spacial score (nSPS) is 18.9. The van der Waals surface area contributed by atoms with Gasteiger partial charge in [0.25, 0.3) is 0 Å². The number of anilines is 2. The van der Waals surface area contributed by atoms with Crippen LogP contribution >= 0.6 is 0 Å². The van der Waals surface area contributed by atoms with E-state index >= 15 is 0 Å². The molecule has 132 valence electrons. The van der Waals surface area contributed by atoms with Crippen molar-refractivity contribution >= 4 is 11.6 Å². The van der Waals surface area contributed by atoms with Gasteiger partial charge in [0.1, 0.15) is 18.0 Å². The Balaban J connectivity index is 1.49. The molecular formula is C20H26N4O. The second kappa shape index (κ2) is 7.00. The zero-order valence-electron chi connectivity index (χ0n) is 14.8. The number of aliphatic hydroxyl groups excluding tert-OH is 1. The third kappa shape index (κ3) is 3.61. The van der Waals surface area contributed by atoms with E-state index in [9.17, 15) is 5.11 Å². The van der Waals surface area contributed by atoms with Crippen molar-refractivity contribution in [2.75, 3.05) is 16.8 Å². The smallest absolute Gasteiger partial charge is 0.134 e. The monoisotopic (exact) mass is 338 g/mol. The maximum Gasteiger partial charge on any atom is 0.134 e. The molecule has 4 rings (SSSR count). The predicted octanol–water partition coefficient (Wildman–Crippen LogP) is 3.45. The zero-order valence-corrected chi connectivity index (χ0v) is 14.8. The molecule has 1 aromatic carbocycles. The number of aromatic nitrogens is 2. The van der Waals surface area contributed by atoms with Crippen LogP contribution < -0.4 is 10.2 Å². The molecule has 2 aliphatic rings. The fourth-order valence-corrected chi connectivity index (χ4v) is 3.91. The summed E-state index contributed by atoms with van der Waals surface area (Å²) in [4.78, 5) is 11.2. The van der Waals surface area contributed by atoms with Crippen molar-refractivity contribution in [2.24, 2.45) is 0 Å². The Hall–Kier alpha value is -2.14. The fraction of sp³-hybridized carbons (Fsp3) is 0.500. The van der Waals surface area contributed by atoms with Crippen molar-refractivity contribution in [1.29, 1.82) is 0 Å². The van der Waals surface area contributed by atoms with Gasteiger partial charge in [-0.25, -0.2) is 9.97 Å². The minimum Gasteiger partial charge on any atom is -0.389 e. The maximum atomic E-state index is 9.77. The molecule has 1 aliphatic carbocycles. The number of hydrogen-bond acceptors (Lipinski definition) is 5. The fourth-order valence-electron chi connectivity index (χ4n) is 3.91. The molecule has 0 spiro atoms. The first-order valence-corrected chi connectivity index (χ1v) is 9.32. The van der Waals surface area contributed by atoms with Crippen LogP contribution in [0.3, 0.4) is 0 Å². The molecule has 25 heavy (non-hydrogen) atoms. The Morgan fingerprint density at radius 1 is 1.16 bits per heavy atom. The number of nitrogens with zero attached hydrogens (tertiary/aromatic N) is 3. The highest BCUT2D eigenvalue weighted by Crippen LogP contribution is 2.27. The minimum absolute atomic E-state index is 0.408. The summed E-state index contributed by atoms with van der Waals surface area (Å²) in [5, 5.41) is 13.3. The predicted molar refractivity (Wildman–Crippen MR) is 99.7 cm³/mol. The first-order valence-electron chi connectivity index (χ1n) is 9.32. The van der Waals surface area contributed by atoms with Gasteiger partial charge in [0.15, 0.2) is 0 Å². The molecule has 0 bridgehead atoms. The van der Waals surface area contributed by atoms with E-state index in [1.165, 1.54) is 36.8 Å². The highest BCUT2D eigenvalue weighted by Gasteiger charge is 2.20. The van der Waals surface area contributed by atoms with E-state index in [0.717, 1.165) is 36.7 Å².